The average Bonchev–Trinajstić information content (AvgIpc) is 2.32. The standard InChI is InChI=1S/C14H14BrN3S/c1-8-7-10(15)4-6-12(8)18-14-11(13(16)19)5-3-9(2)17-14/h3-7H,1-2H3,(H2,16,19)(H,17,18). The van der Waals surface area contributed by atoms with Crippen molar-refractivity contribution in [3.63, 3.8) is 0 Å². The number of thiocarbonyl (C=S) groups is 1. The number of nitrogens with zero attached hydrogens (tertiary/aromatic N) is 1. The summed E-state index contributed by atoms with van der Waals surface area (Å²) in [5.74, 6) is 0.693. The van der Waals surface area contributed by atoms with Crippen LogP contribution in [0.4, 0.5) is 11.5 Å². The van der Waals surface area contributed by atoms with Crippen molar-refractivity contribution >= 4 is 44.6 Å². The average molecular weight is 336 g/mol. The normalized spacial score (nSPS) is 10.3. The third-order valence-corrected chi connectivity index (χ3v) is 3.45. The van der Waals surface area contributed by atoms with Crippen LogP contribution in [0.1, 0.15) is 16.8 Å². The van der Waals surface area contributed by atoms with E-state index in [4.69, 9.17) is 18.0 Å². The molecule has 5 heteroatoms. The number of hydrogen-bond acceptors (Lipinski definition) is 3. The van der Waals surface area contributed by atoms with Gasteiger partial charge in [0.2, 0.25) is 0 Å². The Morgan fingerprint density at radius 3 is 2.63 bits per heavy atom. The molecule has 2 rings (SSSR count). The summed E-state index contributed by atoms with van der Waals surface area (Å²) in [6.07, 6.45) is 0. The molecule has 0 saturated carbocycles. The Morgan fingerprint density at radius 2 is 2.00 bits per heavy atom. The lowest BCUT2D eigenvalue weighted by atomic mass is 10.2. The fraction of sp³-hybridized carbons (Fsp3) is 0.143. The van der Waals surface area contributed by atoms with Gasteiger partial charge in [-0.3, -0.25) is 0 Å². The zero-order chi connectivity index (χ0) is 14.0. The molecule has 0 aliphatic rings. The van der Waals surface area contributed by atoms with Crippen molar-refractivity contribution in [2.75, 3.05) is 5.32 Å². The Kier molecular flexibility index (Phi) is 4.17. The first-order chi connectivity index (χ1) is 8.97. The number of benzene rings is 1. The van der Waals surface area contributed by atoms with Crippen LogP contribution < -0.4 is 11.1 Å². The quantitative estimate of drug-likeness (QED) is 0.836. The van der Waals surface area contributed by atoms with Crippen LogP contribution in [0.5, 0.6) is 0 Å². The van der Waals surface area contributed by atoms with Gasteiger partial charge in [-0.25, -0.2) is 4.98 Å². The molecule has 0 unspecified atom stereocenters. The molecule has 0 aliphatic heterocycles. The van der Waals surface area contributed by atoms with Gasteiger partial charge in [0.1, 0.15) is 10.8 Å². The number of rotatable bonds is 3. The van der Waals surface area contributed by atoms with E-state index in [9.17, 15) is 0 Å². The Bertz CT molecular complexity index is 641. The maximum Gasteiger partial charge on any atom is 0.140 e. The van der Waals surface area contributed by atoms with Crippen molar-refractivity contribution in [2.24, 2.45) is 5.73 Å². The van der Waals surface area contributed by atoms with Crippen LogP contribution in [-0.2, 0) is 0 Å². The first-order valence-electron chi connectivity index (χ1n) is 5.78. The maximum atomic E-state index is 5.72. The third kappa shape index (κ3) is 3.30. The fourth-order valence-corrected chi connectivity index (χ4v) is 2.39. The van der Waals surface area contributed by atoms with E-state index in [1.807, 2.05) is 44.2 Å². The van der Waals surface area contributed by atoms with Gasteiger partial charge in [0.15, 0.2) is 0 Å². The van der Waals surface area contributed by atoms with Crippen LogP contribution >= 0.6 is 28.1 Å². The summed E-state index contributed by atoms with van der Waals surface area (Å²) in [4.78, 5) is 4.80. The van der Waals surface area contributed by atoms with E-state index in [0.717, 1.165) is 27.0 Å². The van der Waals surface area contributed by atoms with Crippen LogP contribution in [0.25, 0.3) is 0 Å². The fourth-order valence-electron chi connectivity index (χ4n) is 1.75. The number of halogens is 1. The minimum absolute atomic E-state index is 0.338. The highest BCUT2D eigenvalue weighted by Crippen LogP contribution is 2.25. The van der Waals surface area contributed by atoms with Gasteiger partial charge < -0.3 is 11.1 Å². The first kappa shape index (κ1) is 14.0. The molecule has 0 amide bonds. The van der Waals surface area contributed by atoms with Crippen LogP contribution in [0.2, 0.25) is 0 Å². The Morgan fingerprint density at radius 1 is 1.26 bits per heavy atom. The molecule has 1 aromatic heterocycles. The molecule has 0 bridgehead atoms. The molecule has 3 nitrogen and oxygen atoms in total. The highest BCUT2D eigenvalue weighted by molar-refractivity contribution is 9.10. The van der Waals surface area contributed by atoms with Crippen molar-refractivity contribution in [3.05, 3.63) is 51.6 Å². The summed E-state index contributed by atoms with van der Waals surface area (Å²) in [5.41, 5.74) is 9.49. The molecule has 0 radical (unpaired) electrons. The van der Waals surface area contributed by atoms with Crippen molar-refractivity contribution in [3.8, 4) is 0 Å². The number of nitrogens with one attached hydrogen (secondary N) is 1. The number of aromatic nitrogens is 1. The number of nitrogens with two attached hydrogens (primary N) is 1. The summed E-state index contributed by atoms with van der Waals surface area (Å²) in [6.45, 7) is 3.96. The highest BCUT2D eigenvalue weighted by Gasteiger charge is 2.09. The summed E-state index contributed by atoms with van der Waals surface area (Å²) >= 11 is 8.50. The molecular formula is C14H14BrN3S. The maximum absolute atomic E-state index is 5.72. The second kappa shape index (κ2) is 5.67. The van der Waals surface area contributed by atoms with Crippen molar-refractivity contribution in [1.29, 1.82) is 0 Å². The molecule has 3 N–H and O–H groups in total. The Balaban J connectivity index is 2.42. The molecule has 0 saturated heterocycles. The number of hydrogen-bond donors (Lipinski definition) is 2. The molecule has 2 aromatic rings. The zero-order valence-corrected chi connectivity index (χ0v) is 13.1. The van der Waals surface area contributed by atoms with Gasteiger partial charge in [0.25, 0.3) is 0 Å². The van der Waals surface area contributed by atoms with Crippen LogP contribution in [0, 0.1) is 13.8 Å². The van der Waals surface area contributed by atoms with E-state index < -0.39 is 0 Å². The predicted molar refractivity (Wildman–Crippen MR) is 87.0 cm³/mol. The first-order valence-corrected chi connectivity index (χ1v) is 6.98. The zero-order valence-electron chi connectivity index (χ0n) is 10.7. The van der Waals surface area contributed by atoms with E-state index >= 15 is 0 Å². The largest absolute Gasteiger partial charge is 0.389 e. The van der Waals surface area contributed by atoms with E-state index in [1.54, 1.807) is 0 Å². The Labute approximate surface area is 126 Å². The van der Waals surface area contributed by atoms with E-state index in [1.165, 1.54) is 0 Å². The van der Waals surface area contributed by atoms with Crippen LogP contribution in [-0.4, -0.2) is 9.97 Å². The van der Waals surface area contributed by atoms with Crippen molar-refractivity contribution < 1.29 is 0 Å². The van der Waals surface area contributed by atoms with Crippen molar-refractivity contribution in [2.45, 2.75) is 13.8 Å². The van der Waals surface area contributed by atoms with Crippen molar-refractivity contribution in [1.82, 2.24) is 4.98 Å². The van der Waals surface area contributed by atoms with E-state index in [2.05, 4.69) is 26.2 Å². The van der Waals surface area contributed by atoms with Crippen LogP contribution in [0.15, 0.2) is 34.8 Å². The second-order valence-corrected chi connectivity index (χ2v) is 5.65. The number of aryl methyl sites for hydroxylation is 2. The van der Waals surface area contributed by atoms with Gasteiger partial charge in [-0.1, -0.05) is 28.1 Å². The molecule has 0 aliphatic carbocycles. The Hall–Kier alpha value is -1.46. The molecule has 0 atom stereocenters. The molecular weight excluding hydrogens is 322 g/mol. The topological polar surface area (TPSA) is 50.9 Å². The summed E-state index contributed by atoms with van der Waals surface area (Å²) in [5, 5.41) is 3.29. The highest BCUT2D eigenvalue weighted by atomic mass is 79.9. The predicted octanol–water partition coefficient (Wildman–Crippen LogP) is 3.84. The van der Waals surface area contributed by atoms with Gasteiger partial charge in [-0.2, -0.15) is 0 Å². The lowest BCUT2D eigenvalue weighted by Gasteiger charge is -2.13. The lowest BCUT2D eigenvalue weighted by molar-refractivity contribution is 1.19. The summed E-state index contributed by atoms with van der Waals surface area (Å²) in [6, 6.07) is 9.80. The third-order valence-electron chi connectivity index (χ3n) is 2.74. The monoisotopic (exact) mass is 335 g/mol. The van der Waals surface area contributed by atoms with Gasteiger partial charge >= 0.3 is 0 Å². The number of anilines is 2. The van der Waals surface area contributed by atoms with Gasteiger partial charge in [-0.05, 0) is 49.7 Å². The van der Waals surface area contributed by atoms with Gasteiger partial charge in [0, 0.05) is 15.9 Å². The SMILES string of the molecule is Cc1ccc(C(N)=S)c(Nc2ccc(Br)cc2C)n1. The minimum Gasteiger partial charge on any atom is -0.389 e. The number of pyridine rings is 1. The smallest absolute Gasteiger partial charge is 0.140 e. The van der Waals surface area contributed by atoms with E-state index in [-0.39, 0.29) is 0 Å². The molecule has 1 heterocycles. The molecule has 0 fully saturated rings. The van der Waals surface area contributed by atoms with Crippen LogP contribution in [0.3, 0.4) is 0 Å². The van der Waals surface area contributed by atoms with Gasteiger partial charge in [-0.15, -0.1) is 0 Å². The molecule has 1 aromatic carbocycles. The molecule has 0 spiro atoms. The van der Waals surface area contributed by atoms with E-state index in [0.29, 0.717) is 10.8 Å². The lowest BCUT2D eigenvalue weighted by Crippen LogP contribution is -2.13. The summed E-state index contributed by atoms with van der Waals surface area (Å²) in [7, 11) is 0. The molecule has 19 heavy (non-hydrogen) atoms. The minimum atomic E-state index is 0.338. The summed E-state index contributed by atoms with van der Waals surface area (Å²) < 4.78 is 1.04. The second-order valence-electron chi connectivity index (χ2n) is 4.30. The van der Waals surface area contributed by atoms with Gasteiger partial charge in [0.05, 0.1) is 5.56 Å². The molecule has 98 valence electrons.